The normalized spacial score (nSPS) is 13.3. The van der Waals surface area contributed by atoms with Gasteiger partial charge in [-0.05, 0) is 29.7 Å². The minimum absolute atomic E-state index is 0.0624. The fourth-order valence-electron chi connectivity index (χ4n) is 1.60. The Labute approximate surface area is 132 Å². The summed E-state index contributed by atoms with van der Waals surface area (Å²) in [5.74, 6) is -1.22. The lowest BCUT2D eigenvalue weighted by Gasteiger charge is -2.25. The van der Waals surface area contributed by atoms with Crippen LogP contribution < -0.4 is 16.4 Å². The Morgan fingerprint density at radius 3 is 2.09 bits per heavy atom. The molecule has 23 heavy (non-hydrogen) atoms. The van der Waals surface area contributed by atoms with Crippen LogP contribution in [-0.2, 0) is 4.79 Å². The van der Waals surface area contributed by atoms with Crippen molar-refractivity contribution in [3.8, 4) is 0 Å². The highest BCUT2D eigenvalue weighted by Crippen LogP contribution is 2.19. The first-order valence-corrected chi connectivity index (χ1v) is 6.91. The van der Waals surface area contributed by atoms with E-state index in [-0.39, 0.29) is 11.5 Å². The summed E-state index contributed by atoms with van der Waals surface area (Å²) in [6, 6.07) is 4.77. The Balaban J connectivity index is 2.67. The minimum Gasteiger partial charge on any atom is -0.343 e. The maximum Gasteiger partial charge on any atom is 0.405 e. The molecule has 0 unspecified atom stereocenters. The number of hydrogen-bond donors (Lipinski definition) is 3. The van der Waals surface area contributed by atoms with Gasteiger partial charge in [-0.3, -0.25) is 9.59 Å². The largest absolute Gasteiger partial charge is 0.405 e. The Hall–Kier alpha value is -2.09. The van der Waals surface area contributed by atoms with Crippen LogP contribution in [0.3, 0.4) is 0 Å². The van der Waals surface area contributed by atoms with Gasteiger partial charge < -0.3 is 16.4 Å². The molecular formula is C15H20F3N3O2. The van der Waals surface area contributed by atoms with Crippen LogP contribution in [0.25, 0.3) is 0 Å². The zero-order valence-corrected chi connectivity index (χ0v) is 13.1. The number of alkyl halides is 3. The lowest BCUT2D eigenvalue weighted by atomic mass is 9.87. The predicted molar refractivity (Wildman–Crippen MR) is 80.9 cm³/mol. The van der Waals surface area contributed by atoms with E-state index in [9.17, 15) is 22.8 Å². The second kappa shape index (κ2) is 6.99. The van der Waals surface area contributed by atoms with E-state index in [1.54, 1.807) is 5.32 Å². The number of benzene rings is 1. The molecule has 1 rings (SSSR count). The SMILES string of the molecule is CC(C)(C)[C@H](N)C(=O)Nc1ccc(C(=O)NCC(F)(F)F)cc1. The molecule has 0 saturated carbocycles. The molecule has 1 aromatic carbocycles. The molecule has 0 fully saturated rings. The maximum absolute atomic E-state index is 12.0. The van der Waals surface area contributed by atoms with E-state index in [0.29, 0.717) is 5.69 Å². The highest BCUT2D eigenvalue weighted by molar-refractivity contribution is 5.97. The first-order chi connectivity index (χ1) is 10.4. The number of nitrogens with one attached hydrogen (secondary N) is 2. The summed E-state index contributed by atoms with van der Waals surface area (Å²) in [5, 5.41) is 4.36. The molecular weight excluding hydrogens is 311 g/mol. The van der Waals surface area contributed by atoms with Crippen LogP contribution in [0.5, 0.6) is 0 Å². The molecule has 0 aliphatic carbocycles. The predicted octanol–water partition coefficient (Wildman–Crippen LogP) is 2.29. The molecule has 8 heteroatoms. The average Bonchev–Trinajstić information content (AvgIpc) is 2.43. The summed E-state index contributed by atoms with van der Waals surface area (Å²) >= 11 is 0. The number of nitrogens with two attached hydrogens (primary N) is 1. The highest BCUT2D eigenvalue weighted by atomic mass is 19.4. The van der Waals surface area contributed by atoms with Crippen LogP contribution in [0.4, 0.5) is 18.9 Å². The van der Waals surface area contributed by atoms with E-state index in [1.165, 1.54) is 24.3 Å². The van der Waals surface area contributed by atoms with Gasteiger partial charge in [0, 0.05) is 11.3 Å². The Kier molecular flexibility index (Phi) is 5.76. The molecule has 2 amide bonds. The van der Waals surface area contributed by atoms with Crippen molar-refractivity contribution in [2.45, 2.75) is 33.0 Å². The molecule has 5 nitrogen and oxygen atoms in total. The van der Waals surface area contributed by atoms with Crippen LogP contribution >= 0.6 is 0 Å². The molecule has 128 valence electrons. The quantitative estimate of drug-likeness (QED) is 0.791. The summed E-state index contributed by atoms with van der Waals surface area (Å²) < 4.78 is 36.1. The van der Waals surface area contributed by atoms with Crippen LogP contribution in [0.1, 0.15) is 31.1 Å². The van der Waals surface area contributed by atoms with Gasteiger partial charge in [-0.25, -0.2) is 0 Å². The Morgan fingerprint density at radius 1 is 1.13 bits per heavy atom. The van der Waals surface area contributed by atoms with Crippen molar-refractivity contribution >= 4 is 17.5 Å². The summed E-state index contributed by atoms with van der Waals surface area (Å²) in [6.07, 6.45) is -4.47. The van der Waals surface area contributed by atoms with E-state index in [1.807, 2.05) is 20.8 Å². The molecule has 0 aliphatic heterocycles. The molecule has 0 bridgehead atoms. The van der Waals surface area contributed by atoms with Crippen LogP contribution in [-0.4, -0.2) is 30.6 Å². The van der Waals surface area contributed by atoms with E-state index in [0.717, 1.165) is 0 Å². The van der Waals surface area contributed by atoms with Crippen molar-refractivity contribution in [2.75, 3.05) is 11.9 Å². The number of amides is 2. The topological polar surface area (TPSA) is 84.2 Å². The van der Waals surface area contributed by atoms with Crippen molar-refractivity contribution in [1.82, 2.24) is 5.32 Å². The maximum atomic E-state index is 12.0. The van der Waals surface area contributed by atoms with Crippen LogP contribution in [0, 0.1) is 5.41 Å². The number of hydrogen-bond acceptors (Lipinski definition) is 3. The van der Waals surface area contributed by atoms with Gasteiger partial charge in [0.25, 0.3) is 5.91 Å². The van der Waals surface area contributed by atoms with Crippen molar-refractivity contribution in [3.63, 3.8) is 0 Å². The number of halogens is 3. The molecule has 0 radical (unpaired) electrons. The first kappa shape index (κ1) is 19.0. The van der Waals surface area contributed by atoms with Gasteiger partial charge in [0.15, 0.2) is 0 Å². The van der Waals surface area contributed by atoms with Crippen molar-refractivity contribution in [1.29, 1.82) is 0 Å². The van der Waals surface area contributed by atoms with Gasteiger partial charge >= 0.3 is 6.18 Å². The van der Waals surface area contributed by atoms with Crippen LogP contribution in [0.15, 0.2) is 24.3 Å². The molecule has 0 spiro atoms. The van der Waals surface area contributed by atoms with Gasteiger partial charge in [-0.15, -0.1) is 0 Å². The first-order valence-electron chi connectivity index (χ1n) is 6.91. The average molecular weight is 331 g/mol. The van der Waals surface area contributed by atoms with Gasteiger partial charge in [0.1, 0.15) is 6.54 Å². The summed E-state index contributed by atoms with van der Waals surface area (Å²) in [6.45, 7) is 4.08. The molecule has 0 saturated heterocycles. The van der Waals surface area contributed by atoms with Gasteiger partial charge in [-0.1, -0.05) is 20.8 Å². The third kappa shape index (κ3) is 6.27. The zero-order valence-electron chi connectivity index (χ0n) is 13.1. The second-order valence-electron chi connectivity index (χ2n) is 6.21. The number of anilines is 1. The number of carbonyl (C=O) groups excluding carboxylic acids is 2. The van der Waals surface area contributed by atoms with E-state index in [4.69, 9.17) is 5.73 Å². The fraction of sp³-hybridized carbons (Fsp3) is 0.467. The monoisotopic (exact) mass is 331 g/mol. The third-order valence-electron chi connectivity index (χ3n) is 3.08. The van der Waals surface area contributed by atoms with E-state index in [2.05, 4.69) is 5.32 Å². The standard InChI is InChI=1S/C15H20F3N3O2/c1-14(2,3)11(19)13(23)21-10-6-4-9(5-7-10)12(22)20-8-15(16,17)18/h4-7,11H,8,19H2,1-3H3,(H,20,22)(H,21,23)/t11-/m1/s1. The Morgan fingerprint density at radius 2 is 1.65 bits per heavy atom. The summed E-state index contributed by atoms with van der Waals surface area (Å²) in [5.41, 5.74) is 5.87. The number of carbonyl (C=O) groups is 2. The van der Waals surface area contributed by atoms with Crippen LogP contribution in [0.2, 0.25) is 0 Å². The molecule has 0 heterocycles. The molecule has 1 aromatic rings. The Bertz CT molecular complexity index is 563. The lowest BCUT2D eigenvalue weighted by Crippen LogP contribution is -2.45. The van der Waals surface area contributed by atoms with Gasteiger partial charge in [0.05, 0.1) is 6.04 Å². The van der Waals surface area contributed by atoms with E-state index < -0.39 is 30.1 Å². The fourth-order valence-corrected chi connectivity index (χ4v) is 1.60. The third-order valence-corrected chi connectivity index (χ3v) is 3.08. The molecule has 4 N–H and O–H groups in total. The number of rotatable bonds is 4. The molecule has 0 aromatic heterocycles. The smallest absolute Gasteiger partial charge is 0.343 e. The lowest BCUT2D eigenvalue weighted by molar-refractivity contribution is -0.123. The molecule has 1 atom stereocenters. The second-order valence-corrected chi connectivity index (χ2v) is 6.21. The minimum atomic E-state index is -4.47. The van der Waals surface area contributed by atoms with Crippen molar-refractivity contribution in [3.05, 3.63) is 29.8 Å². The summed E-state index contributed by atoms with van der Waals surface area (Å²) in [7, 11) is 0. The summed E-state index contributed by atoms with van der Waals surface area (Å²) in [4.78, 5) is 23.5. The van der Waals surface area contributed by atoms with Crippen molar-refractivity contribution in [2.24, 2.45) is 11.1 Å². The van der Waals surface area contributed by atoms with Gasteiger partial charge in [-0.2, -0.15) is 13.2 Å². The zero-order chi connectivity index (χ0) is 17.8. The highest BCUT2D eigenvalue weighted by Gasteiger charge is 2.28. The van der Waals surface area contributed by atoms with Crippen molar-refractivity contribution < 1.29 is 22.8 Å². The van der Waals surface area contributed by atoms with Gasteiger partial charge in [0.2, 0.25) is 5.91 Å². The van der Waals surface area contributed by atoms with E-state index >= 15 is 0 Å². The molecule has 0 aliphatic rings.